The minimum Gasteiger partial charge on any atom is -0.381 e. The second kappa shape index (κ2) is 5.96. The Morgan fingerprint density at radius 2 is 2.00 bits per heavy atom. The highest BCUT2D eigenvalue weighted by atomic mass is 16.1. The van der Waals surface area contributed by atoms with Crippen LogP contribution in [0.15, 0.2) is 48.8 Å². The van der Waals surface area contributed by atoms with Gasteiger partial charge in [-0.25, -0.2) is 0 Å². The molecule has 0 amide bonds. The number of benzene rings is 1. The summed E-state index contributed by atoms with van der Waals surface area (Å²) in [5, 5.41) is 3.29. The first kappa shape index (κ1) is 12.3. The highest BCUT2D eigenvalue weighted by molar-refractivity contribution is 5.96. The number of carbonyl (C=O) groups excluding carboxylic acids is 1. The number of anilines is 1. The molecule has 0 aliphatic carbocycles. The first-order chi connectivity index (χ1) is 8.79. The van der Waals surface area contributed by atoms with Crippen molar-refractivity contribution in [3.63, 3.8) is 0 Å². The summed E-state index contributed by atoms with van der Waals surface area (Å²) < 4.78 is 0. The van der Waals surface area contributed by atoms with Crippen molar-refractivity contribution in [2.24, 2.45) is 0 Å². The van der Waals surface area contributed by atoms with E-state index in [4.69, 9.17) is 0 Å². The van der Waals surface area contributed by atoms with E-state index in [1.54, 1.807) is 6.20 Å². The van der Waals surface area contributed by atoms with Crippen molar-refractivity contribution in [1.82, 2.24) is 4.98 Å². The Balaban J connectivity index is 1.97. The average Bonchev–Trinajstić information content (AvgIpc) is 2.46. The maximum atomic E-state index is 11.5. The number of Topliss-reactive ketones (excluding diaryl/α,β-unsaturated/α-hetero) is 1. The van der Waals surface area contributed by atoms with E-state index in [9.17, 15) is 4.79 Å². The Morgan fingerprint density at radius 1 is 1.22 bits per heavy atom. The van der Waals surface area contributed by atoms with Crippen molar-refractivity contribution in [1.29, 1.82) is 0 Å². The number of aromatic nitrogens is 1. The largest absolute Gasteiger partial charge is 0.381 e. The third-order valence-electron chi connectivity index (χ3n) is 2.75. The number of ketones is 1. The molecule has 0 unspecified atom stereocenters. The summed E-state index contributed by atoms with van der Waals surface area (Å²) in [7, 11) is 0. The van der Waals surface area contributed by atoms with Gasteiger partial charge < -0.3 is 5.32 Å². The van der Waals surface area contributed by atoms with E-state index in [1.807, 2.05) is 49.5 Å². The van der Waals surface area contributed by atoms with Gasteiger partial charge in [0.2, 0.25) is 0 Å². The van der Waals surface area contributed by atoms with Gasteiger partial charge in [-0.15, -0.1) is 0 Å². The average molecular weight is 240 g/mol. The molecular weight excluding hydrogens is 224 g/mol. The van der Waals surface area contributed by atoms with Crippen molar-refractivity contribution in [2.45, 2.75) is 19.9 Å². The first-order valence-corrected chi connectivity index (χ1v) is 6.05. The van der Waals surface area contributed by atoms with Crippen molar-refractivity contribution < 1.29 is 4.79 Å². The minimum atomic E-state index is 0.175. The van der Waals surface area contributed by atoms with Crippen molar-refractivity contribution in [2.75, 3.05) is 5.32 Å². The van der Waals surface area contributed by atoms with Crippen molar-refractivity contribution >= 4 is 11.5 Å². The van der Waals surface area contributed by atoms with Crippen LogP contribution < -0.4 is 5.32 Å². The summed E-state index contributed by atoms with van der Waals surface area (Å²) in [4.78, 5) is 15.5. The van der Waals surface area contributed by atoms with Crippen LogP contribution in [-0.2, 0) is 6.54 Å². The van der Waals surface area contributed by atoms with Crippen LogP contribution in [0.25, 0.3) is 0 Å². The summed E-state index contributed by atoms with van der Waals surface area (Å²) in [6, 6.07) is 11.5. The molecule has 0 saturated carbocycles. The molecule has 0 spiro atoms. The van der Waals surface area contributed by atoms with Gasteiger partial charge in [0.15, 0.2) is 5.78 Å². The predicted molar refractivity (Wildman–Crippen MR) is 72.6 cm³/mol. The Morgan fingerprint density at radius 3 is 2.61 bits per heavy atom. The van der Waals surface area contributed by atoms with Gasteiger partial charge in [0.05, 0.1) is 0 Å². The maximum Gasteiger partial charge on any atom is 0.162 e. The van der Waals surface area contributed by atoms with Gasteiger partial charge in [0.25, 0.3) is 0 Å². The van der Waals surface area contributed by atoms with E-state index in [0.29, 0.717) is 6.42 Å². The SMILES string of the molecule is CCC(=O)c1ccc(NCc2cccnc2)cc1. The zero-order chi connectivity index (χ0) is 12.8. The number of hydrogen-bond donors (Lipinski definition) is 1. The zero-order valence-electron chi connectivity index (χ0n) is 10.4. The summed E-state index contributed by atoms with van der Waals surface area (Å²) in [5.41, 5.74) is 2.90. The lowest BCUT2D eigenvalue weighted by Gasteiger charge is -2.06. The topological polar surface area (TPSA) is 42.0 Å². The molecule has 18 heavy (non-hydrogen) atoms. The number of pyridine rings is 1. The van der Waals surface area contributed by atoms with Crippen LogP contribution in [0.4, 0.5) is 5.69 Å². The molecular formula is C15H16N2O. The lowest BCUT2D eigenvalue weighted by atomic mass is 10.1. The van der Waals surface area contributed by atoms with E-state index in [-0.39, 0.29) is 5.78 Å². The van der Waals surface area contributed by atoms with Crippen LogP contribution >= 0.6 is 0 Å². The number of hydrogen-bond acceptors (Lipinski definition) is 3. The van der Waals surface area contributed by atoms with E-state index in [2.05, 4.69) is 10.3 Å². The molecule has 1 aromatic carbocycles. The van der Waals surface area contributed by atoms with Gasteiger partial charge in [0, 0.05) is 36.6 Å². The van der Waals surface area contributed by atoms with Gasteiger partial charge in [-0.05, 0) is 35.9 Å². The summed E-state index contributed by atoms with van der Waals surface area (Å²) in [6.45, 7) is 2.60. The van der Waals surface area contributed by atoms with Crippen LogP contribution in [0.3, 0.4) is 0 Å². The molecule has 1 aromatic heterocycles. The van der Waals surface area contributed by atoms with Crippen LogP contribution in [0.1, 0.15) is 29.3 Å². The molecule has 2 aromatic rings. The third kappa shape index (κ3) is 3.17. The highest BCUT2D eigenvalue weighted by Crippen LogP contribution is 2.12. The molecule has 2 rings (SSSR count). The number of rotatable bonds is 5. The van der Waals surface area contributed by atoms with Crippen LogP contribution in [0, 0.1) is 0 Å². The summed E-state index contributed by atoms with van der Waals surface area (Å²) in [6.07, 6.45) is 4.14. The second-order valence-electron chi connectivity index (χ2n) is 4.07. The highest BCUT2D eigenvalue weighted by Gasteiger charge is 2.02. The molecule has 1 heterocycles. The molecule has 1 N–H and O–H groups in total. The Hall–Kier alpha value is -2.16. The molecule has 0 saturated heterocycles. The minimum absolute atomic E-state index is 0.175. The maximum absolute atomic E-state index is 11.5. The van der Waals surface area contributed by atoms with Gasteiger partial charge in [-0.1, -0.05) is 13.0 Å². The van der Waals surface area contributed by atoms with E-state index < -0.39 is 0 Å². The van der Waals surface area contributed by atoms with Gasteiger partial charge in [-0.3, -0.25) is 9.78 Å². The normalized spacial score (nSPS) is 10.1. The Labute approximate surface area is 107 Å². The van der Waals surface area contributed by atoms with E-state index >= 15 is 0 Å². The fourth-order valence-electron chi connectivity index (χ4n) is 1.68. The van der Waals surface area contributed by atoms with Gasteiger partial charge in [-0.2, -0.15) is 0 Å². The molecule has 0 aliphatic rings. The quantitative estimate of drug-likeness (QED) is 0.815. The van der Waals surface area contributed by atoms with Crippen molar-refractivity contribution in [3.05, 3.63) is 59.9 Å². The predicted octanol–water partition coefficient (Wildman–Crippen LogP) is 3.29. The van der Waals surface area contributed by atoms with Crippen LogP contribution in [0.2, 0.25) is 0 Å². The Bertz CT molecular complexity index is 506. The van der Waals surface area contributed by atoms with Crippen LogP contribution in [-0.4, -0.2) is 10.8 Å². The number of carbonyl (C=O) groups is 1. The van der Waals surface area contributed by atoms with E-state index in [0.717, 1.165) is 23.4 Å². The lowest BCUT2D eigenvalue weighted by Crippen LogP contribution is -2.01. The van der Waals surface area contributed by atoms with Gasteiger partial charge in [0.1, 0.15) is 0 Å². The molecule has 3 nitrogen and oxygen atoms in total. The standard InChI is InChI=1S/C15H16N2O/c1-2-15(18)13-5-7-14(8-6-13)17-11-12-4-3-9-16-10-12/h3-10,17H,2,11H2,1H3. The molecule has 0 aliphatic heterocycles. The second-order valence-corrected chi connectivity index (χ2v) is 4.07. The summed E-state index contributed by atoms with van der Waals surface area (Å²) >= 11 is 0. The van der Waals surface area contributed by atoms with Crippen molar-refractivity contribution in [3.8, 4) is 0 Å². The smallest absolute Gasteiger partial charge is 0.162 e. The Kier molecular flexibility index (Phi) is 4.07. The molecule has 92 valence electrons. The first-order valence-electron chi connectivity index (χ1n) is 6.05. The zero-order valence-corrected chi connectivity index (χ0v) is 10.4. The molecule has 0 atom stereocenters. The third-order valence-corrected chi connectivity index (χ3v) is 2.75. The fourth-order valence-corrected chi connectivity index (χ4v) is 1.68. The van der Waals surface area contributed by atoms with Crippen LogP contribution in [0.5, 0.6) is 0 Å². The monoisotopic (exact) mass is 240 g/mol. The number of nitrogens with one attached hydrogen (secondary N) is 1. The molecule has 0 bridgehead atoms. The fraction of sp³-hybridized carbons (Fsp3) is 0.200. The molecule has 0 radical (unpaired) electrons. The molecule has 3 heteroatoms. The summed E-state index contributed by atoms with van der Waals surface area (Å²) in [5.74, 6) is 0.175. The number of nitrogens with zero attached hydrogens (tertiary/aromatic N) is 1. The van der Waals surface area contributed by atoms with E-state index in [1.165, 1.54) is 0 Å². The molecule has 0 fully saturated rings. The lowest BCUT2D eigenvalue weighted by molar-refractivity contribution is 0.0988. The van der Waals surface area contributed by atoms with Gasteiger partial charge >= 0.3 is 0 Å².